The largest absolute Gasteiger partial charge is 0.418 e. The molecular weight excluding hydrogens is 603 g/mol. The number of carbonyl (C=O) groups excluding carboxylic acids is 1. The number of anilines is 1. The van der Waals surface area contributed by atoms with Crippen LogP contribution in [0.1, 0.15) is 66.0 Å². The molecule has 0 saturated heterocycles. The Morgan fingerprint density at radius 1 is 1.05 bits per heavy atom. The van der Waals surface area contributed by atoms with Gasteiger partial charge in [0.25, 0.3) is 0 Å². The number of allylic oxidation sites excluding steroid dienone is 3. The van der Waals surface area contributed by atoms with Crippen LogP contribution in [-0.2, 0) is 16.7 Å². The minimum atomic E-state index is -4.75. The SMILES string of the molecule is Cc1ccc(SCc2cc(C3C(C#N)=C(N)N(c4ccc(Cl)cc4C(F)(F)F)C4=C3C(=O)CC(C)(C)C4)c(C)cc2C)cc1. The molecule has 1 unspecified atom stereocenters. The maximum atomic E-state index is 14.3. The van der Waals surface area contributed by atoms with Gasteiger partial charge in [-0.05, 0) is 85.2 Å². The number of ketones is 1. The van der Waals surface area contributed by atoms with Crippen LogP contribution >= 0.6 is 23.4 Å². The van der Waals surface area contributed by atoms with Gasteiger partial charge in [0.1, 0.15) is 5.82 Å². The van der Waals surface area contributed by atoms with Gasteiger partial charge in [0, 0.05) is 33.4 Å². The number of nitrogens with zero attached hydrogens (tertiary/aromatic N) is 2. The summed E-state index contributed by atoms with van der Waals surface area (Å²) in [5.41, 5.74) is 10.6. The van der Waals surface area contributed by atoms with Gasteiger partial charge in [-0.1, -0.05) is 55.3 Å². The Labute approximate surface area is 265 Å². The number of benzene rings is 3. The van der Waals surface area contributed by atoms with Crippen molar-refractivity contribution in [3.05, 3.63) is 116 Å². The van der Waals surface area contributed by atoms with E-state index in [0.29, 0.717) is 23.4 Å². The van der Waals surface area contributed by atoms with Crippen molar-refractivity contribution >= 4 is 34.8 Å². The topological polar surface area (TPSA) is 70.1 Å². The van der Waals surface area contributed by atoms with Crippen LogP contribution in [0.2, 0.25) is 5.02 Å². The van der Waals surface area contributed by atoms with Gasteiger partial charge in [-0.15, -0.1) is 11.8 Å². The molecule has 1 atom stereocenters. The summed E-state index contributed by atoms with van der Waals surface area (Å²) in [4.78, 5) is 16.4. The normalized spacial score (nSPS) is 18.4. The van der Waals surface area contributed by atoms with Crippen LogP contribution in [0, 0.1) is 37.5 Å². The highest BCUT2D eigenvalue weighted by molar-refractivity contribution is 7.98. The Morgan fingerprint density at radius 3 is 2.36 bits per heavy atom. The highest BCUT2D eigenvalue weighted by atomic mass is 35.5. The maximum Gasteiger partial charge on any atom is 0.418 e. The average Bonchev–Trinajstić information content (AvgIpc) is 2.92. The van der Waals surface area contributed by atoms with Crippen LogP contribution in [0.25, 0.3) is 0 Å². The lowest BCUT2D eigenvalue weighted by atomic mass is 9.68. The van der Waals surface area contributed by atoms with E-state index in [4.69, 9.17) is 17.3 Å². The van der Waals surface area contributed by atoms with Crippen LogP contribution in [0.3, 0.4) is 0 Å². The van der Waals surface area contributed by atoms with Gasteiger partial charge in [-0.2, -0.15) is 18.4 Å². The number of aryl methyl sites for hydroxylation is 3. The molecule has 0 spiro atoms. The lowest BCUT2D eigenvalue weighted by molar-refractivity contribution is -0.137. The van der Waals surface area contributed by atoms with Gasteiger partial charge in [0.15, 0.2) is 5.78 Å². The van der Waals surface area contributed by atoms with Crippen molar-refractivity contribution in [1.29, 1.82) is 5.26 Å². The van der Waals surface area contributed by atoms with E-state index in [9.17, 15) is 23.2 Å². The molecule has 2 aliphatic rings. The molecule has 2 N–H and O–H groups in total. The summed E-state index contributed by atoms with van der Waals surface area (Å²) in [5, 5.41) is 10.4. The number of rotatable bonds is 5. The first-order valence-electron chi connectivity index (χ1n) is 14.2. The van der Waals surface area contributed by atoms with E-state index in [1.54, 1.807) is 11.8 Å². The zero-order valence-electron chi connectivity index (χ0n) is 25.2. The van der Waals surface area contributed by atoms with E-state index >= 15 is 0 Å². The van der Waals surface area contributed by atoms with E-state index in [-0.39, 0.29) is 34.3 Å². The van der Waals surface area contributed by atoms with Crippen molar-refractivity contribution in [1.82, 2.24) is 0 Å². The number of carbonyl (C=O) groups is 1. The van der Waals surface area contributed by atoms with Gasteiger partial charge < -0.3 is 5.73 Å². The van der Waals surface area contributed by atoms with Crippen LogP contribution < -0.4 is 10.6 Å². The number of hydrogen-bond acceptors (Lipinski definition) is 5. The molecule has 3 aromatic carbocycles. The second kappa shape index (κ2) is 11.7. The standard InChI is InChI=1S/C35H33ClF3N3OS/c1-19-6-9-24(10-7-19)44-18-22-13-25(21(3)12-20(22)2)31-26(17-40)33(41)42(29-15-34(4,5)16-30(43)32(29)31)28-11-8-23(36)14-27(28)35(37,38)39/h6-14,31H,15-16,18,41H2,1-5H3. The summed E-state index contributed by atoms with van der Waals surface area (Å²) in [7, 11) is 0. The third-order valence-electron chi connectivity index (χ3n) is 8.34. The first-order chi connectivity index (χ1) is 20.6. The van der Waals surface area contributed by atoms with Crippen LogP contribution in [0.15, 0.2) is 82.2 Å². The summed E-state index contributed by atoms with van der Waals surface area (Å²) >= 11 is 7.68. The van der Waals surface area contributed by atoms with Crippen LogP contribution in [-0.4, -0.2) is 5.78 Å². The van der Waals surface area contributed by atoms with Crippen LogP contribution in [0.5, 0.6) is 0 Å². The Morgan fingerprint density at radius 2 is 1.73 bits per heavy atom. The average molecular weight is 636 g/mol. The van der Waals surface area contributed by atoms with E-state index in [1.165, 1.54) is 22.6 Å². The molecule has 0 bridgehead atoms. The third-order valence-corrected chi connectivity index (χ3v) is 9.63. The number of alkyl halides is 3. The molecule has 9 heteroatoms. The number of halogens is 4. The first-order valence-corrected chi connectivity index (χ1v) is 15.6. The van der Waals surface area contributed by atoms with Gasteiger partial charge in [-0.3, -0.25) is 9.69 Å². The molecule has 0 saturated carbocycles. The maximum absolute atomic E-state index is 14.3. The number of nitrogens with two attached hydrogens (primary N) is 1. The molecule has 0 radical (unpaired) electrons. The van der Waals surface area contributed by atoms with Crippen molar-refractivity contribution < 1.29 is 18.0 Å². The summed E-state index contributed by atoms with van der Waals surface area (Å²) in [6, 6.07) is 18.0. The second-order valence-electron chi connectivity index (χ2n) is 12.4. The summed E-state index contributed by atoms with van der Waals surface area (Å²) < 4.78 is 43.0. The number of nitriles is 1. The molecule has 5 rings (SSSR count). The lowest BCUT2D eigenvalue weighted by Gasteiger charge is -2.44. The minimum absolute atomic E-state index is 0.0453. The smallest absolute Gasteiger partial charge is 0.384 e. The predicted octanol–water partition coefficient (Wildman–Crippen LogP) is 9.52. The zero-order chi connectivity index (χ0) is 32.1. The fourth-order valence-corrected chi connectivity index (χ4v) is 7.34. The quantitative estimate of drug-likeness (QED) is 0.283. The molecule has 44 heavy (non-hydrogen) atoms. The zero-order valence-corrected chi connectivity index (χ0v) is 26.8. The van der Waals surface area contributed by atoms with Gasteiger partial charge in [0.2, 0.25) is 0 Å². The highest BCUT2D eigenvalue weighted by Crippen LogP contribution is 2.52. The number of hydrogen-bond donors (Lipinski definition) is 1. The van der Waals surface area contributed by atoms with E-state index < -0.39 is 23.1 Å². The van der Waals surface area contributed by atoms with Crippen molar-refractivity contribution in [2.24, 2.45) is 11.1 Å². The van der Waals surface area contributed by atoms with Gasteiger partial charge >= 0.3 is 6.18 Å². The Hall–Kier alpha value is -3.67. The molecule has 0 fully saturated rings. The third kappa shape index (κ3) is 6.00. The molecular formula is C35H33ClF3N3OS. The van der Waals surface area contributed by atoms with E-state index in [2.05, 4.69) is 30.3 Å². The number of thioether (sulfide) groups is 1. The van der Waals surface area contributed by atoms with Gasteiger partial charge in [0.05, 0.1) is 28.8 Å². The Bertz CT molecular complexity index is 1770. The van der Waals surface area contributed by atoms with Crippen molar-refractivity contribution in [3.8, 4) is 6.07 Å². The fourth-order valence-electron chi connectivity index (χ4n) is 6.20. The molecule has 228 valence electrons. The molecule has 0 amide bonds. The predicted molar refractivity (Wildman–Crippen MR) is 170 cm³/mol. The van der Waals surface area contributed by atoms with Crippen LogP contribution in [0.4, 0.5) is 18.9 Å². The molecule has 3 aromatic rings. The molecule has 1 heterocycles. The monoisotopic (exact) mass is 635 g/mol. The molecule has 1 aliphatic heterocycles. The highest BCUT2D eigenvalue weighted by Gasteiger charge is 2.47. The molecule has 1 aliphatic carbocycles. The fraction of sp³-hybridized carbons (Fsp3) is 0.314. The first kappa shape index (κ1) is 31.7. The Kier molecular flexibility index (Phi) is 8.43. The lowest BCUT2D eigenvalue weighted by Crippen LogP contribution is -2.42. The Balaban J connectivity index is 1.71. The van der Waals surface area contributed by atoms with Crippen molar-refractivity contribution in [3.63, 3.8) is 0 Å². The van der Waals surface area contributed by atoms with E-state index in [0.717, 1.165) is 33.2 Å². The van der Waals surface area contributed by atoms with E-state index in [1.807, 2.05) is 46.8 Å². The summed E-state index contributed by atoms with van der Waals surface area (Å²) in [5.74, 6) is -0.468. The summed E-state index contributed by atoms with van der Waals surface area (Å²) in [6.45, 7) is 9.81. The second-order valence-corrected chi connectivity index (χ2v) is 13.9. The number of Topliss-reactive ketones (excluding diaryl/α,β-unsaturated/α-hetero) is 1. The molecule has 0 aromatic heterocycles. The summed E-state index contributed by atoms with van der Waals surface area (Å²) in [6.07, 6.45) is -4.26. The molecule has 4 nitrogen and oxygen atoms in total. The van der Waals surface area contributed by atoms with Gasteiger partial charge in [-0.25, -0.2) is 0 Å². The van der Waals surface area contributed by atoms with Crippen molar-refractivity contribution in [2.45, 2.75) is 70.2 Å². The van der Waals surface area contributed by atoms with Crippen molar-refractivity contribution in [2.75, 3.05) is 4.90 Å². The minimum Gasteiger partial charge on any atom is -0.384 e.